The molecule has 30 heavy (non-hydrogen) atoms. The minimum absolute atomic E-state index is 0.231. The second kappa shape index (κ2) is 8.83. The van der Waals surface area contributed by atoms with E-state index in [-0.39, 0.29) is 5.91 Å². The Morgan fingerprint density at radius 3 is 2.23 bits per heavy atom. The Labute approximate surface area is 180 Å². The number of anilines is 2. The molecule has 1 aliphatic carbocycles. The van der Waals surface area contributed by atoms with Crippen LogP contribution in [0.4, 0.5) is 16.2 Å². The van der Waals surface area contributed by atoms with Gasteiger partial charge in [0.05, 0.1) is 0 Å². The molecule has 1 aliphatic heterocycles. The Balaban J connectivity index is 1.47. The predicted molar refractivity (Wildman–Crippen MR) is 115 cm³/mol. The molecule has 2 aliphatic rings. The second-order valence-corrected chi connectivity index (χ2v) is 7.98. The van der Waals surface area contributed by atoms with Crippen molar-refractivity contribution in [2.75, 3.05) is 23.8 Å². The highest BCUT2D eigenvalue weighted by Crippen LogP contribution is 2.34. The Bertz CT molecular complexity index is 926. The Morgan fingerprint density at radius 2 is 1.50 bits per heavy atom. The molecule has 7 nitrogen and oxygen atoms in total. The summed E-state index contributed by atoms with van der Waals surface area (Å²) < 4.78 is 11.1. The third kappa shape index (κ3) is 4.62. The molecular weight excluding hydrogens is 406 g/mol. The summed E-state index contributed by atoms with van der Waals surface area (Å²) in [4.78, 5) is 25.9. The van der Waals surface area contributed by atoms with Gasteiger partial charge in [-0.25, -0.2) is 4.79 Å². The molecule has 158 valence electrons. The lowest BCUT2D eigenvalue weighted by Crippen LogP contribution is -2.58. The van der Waals surface area contributed by atoms with Crippen molar-refractivity contribution >= 4 is 34.9 Å². The Hall–Kier alpha value is -2.93. The van der Waals surface area contributed by atoms with Crippen LogP contribution in [0.5, 0.6) is 11.5 Å². The molecule has 1 fully saturated rings. The summed E-state index contributed by atoms with van der Waals surface area (Å²) in [7, 11) is 0. The van der Waals surface area contributed by atoms with Crippen LogP contribution in [0.15, 0.2) is 42.5 Å². The molecule has 1 saturated carbocycles. The number of halogens is 1. The van der Waals surface area contributed by atoms with Crippen molar-refractivity contribution in [3.63, 3.8) is 0 Å². The minimum Gasteiger partial charge on any atom is -0.486 e. The number of hydrogen-bond donors (Lipinski definition) is 3. The summed E-state index contributed by atoms with van der Waals surface area (Å²) in [6, 6.07) is 11.7. The fourth-order valence-corrected chi connectivity index (χ4v) is 3.97. The Kier molecular flexibility index (Phi) is 5.99. The van der Waals surface area contributed by atoms with Gasteiger partial charge in [0.15, 0.2) is 11.5 Å². The van der Waals surface area contributed by atoms with Gasteiger partial charge in [-0.15, -0.1) is 0 Å². The van der Waals surface area contributed by atoms with E-state index in [4.69, 9.17) is 21.1 Å². The fraction of sp³-hybridized carbons (Fsp3) is 0.364. The average molecular weight is 430 g/mol. The topological polar surface area (TPSA) is 88.7 Å². The number of ether oxygens (including phenoxy) is 2. The molecule has 8 heteroatoms. The first-order chi connectivity index (χ1) is 14.5. The summed E-state index contributed by atoms with van der Waals surface area (Å²) in [6.07, 6.45) is 3.94. The van der Waals surface area contributed by atoms with Crippen molar-refractivity contribution in [1.29, 1.82) is 0 Å². The molecule has 3 N–H and O–H groups in total. The molecular formula is C22H24ClN3O4. The summed E-state index contributed by atoms with van der Waals surface area (Å²) >= 11 is 5.89. The minimum atomic E-state index is -0.970. The van der Waals surface area contributed by atoms with E-state index in [0.717, 1.165) is 19.3 Å². The number of amides is 3. The maximum Gasteiger partial charge on any atom is 0.320 e. The first-order valence-corrected chi connectivity index (χ1v) is 10.5. The van der Waals surface area contributed by atoms with Gasteiger partial charge < -0.3 is 25.4 Å². The normalized spacial score (nSPS) is 17.0. The number of nitrogens with one attached hydrogen (secondary N) is 3. The molecule has 3 amide bonds. The van der Waals surface area contributed by atoms with Gasteiger partial charge in [-0.1, -0.05) is 30.9 Å². The van der Waals surface area contributed by atoms with Gasteiger partial charge in [0.1, 0.15) is 18.8 Å². The van der Waals surface area contributed by atoms with E-state index in [9.17, 15) is 9.59 Å². The number of carbonyl (C=O) groups excluding carboxylic acids is 2. The van der Waals surface area contributed by atoms with Crippen LogP contribution in [-0.4, -0.2) is 30.7 Å². The van der Waals surface area contributed by atoms with Gasteiger partial charge in [-0.3, -0.25) is 4.79 Å². The fourth-order valence-electron chi connectivity index (χ4n) is 3.85. The molecule has 2 aromatic rings. The lowest BCUT2D eigenvalue weighted by atomic mass is 9.81. The lowest BCUT2D eigenvalue weighted by molar-refractivity contribution is -0.123. The van der Waals surface area contributed by atoms with Crippen LogP contribution in [0.2, 0.25) is 5.02 Å². The van der Waals surface area contributed by atoms with Gasteiger partial charge in [-0.05, 0) is 49.2 Å². The van der Waals surface area contributed by atoms with E-state index in [2.05, 4.69) is 16.0 Å². The molecule has 2 aromatic carbocycles. The number of urea groups is 1. The van der Waals surface area contributed by atoms with Gasteiger partial charge in [-0.2, -0.15) is 0 Å². The lowest BCUT2D eigenvalue weighted by Gasteiger charge is -2.36. The van der Waals surface area contributed by atoms with Crippen molar-refractivity contribution in [3.05, 3.63) is 47.5 Å². The van der Waals surface area contributed by atoms with Crippen molar-refractivity contribution in [2.45, 2.75) is 37.6 Å². The van der Waals surface area contributed by atoms with Crippen molar-refractivity contribution in [1.82, 2.24) is 5.32 Å². The summed E-state index contributed by atoms with van der Waals surface area (Å²) in [5, 5.41) is 9.23. The highest BCUT2D eigenvalue weighted by atomic mass is 35.5. The van der Waals surface area contributed by atoms with Crippen molar-refractivity contribution in [3.8, 4) is 11.5 Å². The highest BCUT2D eigenvalue weighted by Gasteiger charge is 2.41. The van der Waals surface area contributed by atoms with E-state index < -0.39 is 11.6 Å². The maximum absolute atomic E-state index is 13.2. The molecule has 0 spiro atoms. The van der Waals surface area contributed by atoms with Crippen molar-refractivity contribution in [2.24, 2.45) is 0 Å². The predicted octanol–water partition coefficient (Wildman–Crippen LogP) is 4.57. The number of fused-ring (bicyclic) bond motifs is 1. The second-order valence-electron chi connectivity index (χ2n) is 7.54. The van der Waals surface area contributed by atoms with E-state index in [1.807, 2.05) is 0 Å². The standard InChI is InChI=1S/C22H24ClN3O4/c23-15-4-6-16(7-5-15)25-21(28)26-22(10-2-1-3-11-22)20(27)24-17-8-9-18-19(14-17)30-13-12-29-18/h4-9,14H,1-3,10-13H2,(H,24,27)(H2,25,26,28). The van der Waals surface area contributed by atoms with Gasteiger partial charge in [0.25, 0.3) is 0 Å². The van der Waals surface area contributed by atoms with E-state index in [0.29, 0.717) is 54.0 Å². The summed E-state index contributed by atoms with van der Waals surface area (Å²) in [6.45, 7) is 0.981. The molecule has 0 unspecified atom stereocenters. The molecule has 0 radical (unpaired) electrons. The first-order valence-electron chi connectivity index (χ1n) is 10.1. The zero-order valence-electron chi connectivity index (χ0n) is 16.5. The molecule has 4 rings (SSSR count). The molecule has 0 saturated heterocycles. The van der Waals surface area contributed by atoms with E-state index in [1.54, 1.807) is 42.5 Å². The van der Waals surface area contributed by atoms with Gasteiger partial charge in [0.2, 0.25) is 5.91 Å². The van der Waals surface area contributed by atoms with Gasteiger partial charge >= 0.3 is 6.03 Å². The monoisotopic (exact) mass is 429 g/mol. The number of carbonyl (C=O) groups is 2. The number of benzene rings is 2. The first kappa shape index (κ1) is 20.3. The van der Waals surface area contributed by atoms with Crippen LogP contribution in [0.1, 0.15) is 32.1 Å². The zero-order valence-corrected chi connectivity index (χ0v) is 17.3. The van der Waals surface area contributed by atoms with Crippen LogP contribution in [0, 0.1) is 0 Å². The Morgan fingerprint density at radius 1 is 0.833 bits per heavy atom. The number of rotatable bonds is 4. The maximum atomic E-state index is 13.2. The zero-order chi connectivity index (χ0) is 21.0. The van der Waals surface area contributed by atoms with E-state index in [1.165, 1.54) is 0 Å². The van der Waals surface area contributed by atoms with Gasteiger partial charge in [0, 0.05) is 22.5 Å². The van der Waals surface area contributed by atoms with Crippen LogP contribution in [-0.2, 0) is 4.79 Å². The molecule has 0 aromatic heterocycles. The molecule has 0 bridgehead atoms. The third-order valence-corrected chi connectivity index (χ3v) is 5.65. The molecule has 1 heterocycles. The van der Waals surface area contributed by atoms with Crippen LogP contribution in [0.3, 0.4) is 0 Å². The van der Waals surface area contributed by atoms with E-state index >= 15 is 0 Å². The summed E-state index contributed by atoms with van der Waals surface area (Å²) in [5.74, 6) is 1.03. The molecule has 0 atom stereocenters. The number of hydrogen-bond acceptors (Lipinski definition) is 4. The van der Waals surface area contributed by atoms with Crippen molar-refractivity contribution < 1.29 is 19.1 Å². The van der Waals surface area contributed by atoms with Crippen LogP contribution in [0.25, 0.3) is 0 Å². The van der Waals surface area contributed by atoms with Crippen LogP contribution >= 0.6 is 11.6 Å². The third-order valence-electron chi connectivity index (χ3n) is 5.40. The quantitative estimate of drug-likeness (QED) is 0.664. The largest absolute Gasteiger partial charge is 0.486 e. The summed E-state index contributed by atoms with van der Waals surface area (Å²) in [5.41, 5.74) is 0.242. The smallest absolute Gasteiger partial charge is 0.320 e. The van der Waals surface area contributed by atoms with Crippen LogP contribution < -0.4 is 25.4 Å². The SMILES string of the molecule is O=C(Nc1ccc(Cl)cc1)NC1(C(=O)Nc2ccc3c(c2)OCCO3)CCCCC1. The average Bonchev–Trinajstić information content (AvgIpc) is 2.76. The highest BCUT2D eigenvalue weighted by molar-refractivity contribution is 6.30.